The van der Waals surface area contributed by atoms with Crippen LogP contribution in [0.2, 0.25) is 4.34 Å². The minimum absolute atomic E-state index is 0.0379. The van der Waals surface area contributed by atoms with E-state index in [0.717, 1.165) is 16.9 Å². The molecule has 1 aromatic heterocycles. The first-order chi connectivity index (χ1) is 7.95. The summed E-state index contributed by atoms with van der Waals surface area (Å²) in [7, 11) is -3.43. The lowest BCUT2D eigenvalue weighted by Gasteiger charge is -2.14. The summed E-state index contributed by atoms with van der Waals surface area (Å²) in [6.45, 7) is 2.70. The number of hydrogen-bond donors (Lipinski definition) is 1. The Morgan fingerprint density at radius 2 is 2.35 bits per heavy atom. The van der Waals surface area contributed by atoms with Crippen molar-refractivity contribution in [2.45, 2.75) is 17.6 Å². The van der Waals surface area contributed by atoms with Crippen LogP contribution in [0.25, 0.3) is 0 Å². The molecule has 7 heteroatoms. The maximum atomic E-state index is 12.3. The van der Waals surface area contributed by atoms with Gasteiger partial charge in [0, 0.05) is 19.7 Å². The third-order valence-corrected chi connectivity index (χ3v) is 6.80. The number of hydrogen-bond acceptors (Lipinski definition) is 4. The normalized spacial score (nSPS) is 22.2. The van der Waals surface area contributed by atoms with Crippen molar-refractivity contribution in [3.05, 3.63) is 16.0 Å². The van der Waals surface area contributed by atoms with Crippen molar-refractivity contribution < 1.29 is 13.5 Å². The van der Waals surface area contributed by atoms with E-state index in [2.05, 4.69) is 0 Å². The Bertz CT molecular complexity index is 492. The van der Waals surface area contributed by atoms with Crippen LogP contribution in [0.3, 0.4) is 0 Å². The predicted octanol–water partition coefficient (Wildman–Crippen LogP) is 1.71. The number of rotatable bonds is 3. The van der Waals surface area contributed by atoms with E-state index in [1.54, 1.807) is 13.0 Å². The van der Waals surface area contributed by atoms with Crippen LogP contribution in [0.4, 0.5) is 0 Å². The Kier molecular flexibility index (Phi) is 3.80. The van der Waals surface area contributed by atoms with Crippen molar-refractivity contribution >= 4 is 33.0 Å². The van der Waals surface area contributed by atoms with Crippen LogP contribution in [0.5, 0.6) is 0 Å². The molecule has 2 heterocycles. The summed E-state index contributed by atoms with van der Waals surface area (Å²) in [4.78, 5) is 0. The van der Waals surface area contributed by atoms with E-state index in [1.807, 2.05) is 0 Å². The maximum absolute atomic E-state index is 12.3. The van der Waals surface area contributed by atoms with Gasteiger partial charge in [0.15, 0.2) is 0 Å². The van der Waals surface area contributed by atoms with Crippen molar-refractivity contribution in [1.82, 2.24) is 4.31 Å². The Morgan fingerprint density at radius 1 is 1.65 bits per heavy atom. The molecule has 0 aliphatic carbocycles. The summed E-state index contributed by atoms with van der Waals surface area (Å²) in [6, 6.07) is 1.61. The number of aliphatic hydroxyl groups excluding tert-OH is 1. The average Bonchev–Trinajstić information content (AvgIpc) is 2.87. The second-order valence-electron chi connectivity index (χ2n) is 4.22. The van der Waals surface area contributed by atoms with Gasteiger partial charge in [0.25, 0.3) is 10.0 Å². The number of nitrogens with zero attached hydrogens (tertiary/aromatic N) is 1. The van der Waals surface area contributed by atoms with Gasteiger partial charge >= 0.3 is 0 Å². The molecule has 1 fully saturated rings. The second-order valence-corrected chi connectivity index (χ2v) is 8.04. The second kappa shape index (κ2) is 4.85. The zero-order chi connectivity index (χ0) is 12.6. The summed E-state index contributed by atoms with van der Waals surface area (Å²) >= 11 is 6.98. The lowest BCUT2D eigenvalue weighted by molar-refractivity contribution is 0.233. The first kappa shape index (κ1) is 13.3. The van der Waals surface area contributed by atoms with Crippen molar-refractivity contribution in [3.63, 3.8) is 0 Å². The third kappa shape index (κ3) is 2.51. The van der Waals surface area contributed by atoms with Crippen molar-refractivity contribution in [1.29, 1.82) is 0 Å². The fourth-order valence-electron chi connectivity index (χ4n) is 1.85. The van der Waals surface area contributed by atoms with Crippen LogP contribution in [0.1, 0.15) is 12.0 Å². The van der Waals surface area contributed by atoms with E-state index in [-0.39, 0.29) is 12.5 Å². The van der Waals surface area contributed by atoms with Gasteiger partial charge in [-0.2, -0.15) is 4.31 Å². The molecule has 0 aromatic carbocycles. The van der Waals surface area contributed by atoms with E-state index in [0.29, 0.717) is 28.1 Å². The van der Waals surface area contributed by atoms with Gasteiger partial charge in [0.05, 0.1) is 4.34 Å². The van der Waals surface area contributed by atoms with Crippen molar-refractivity contribution in [2.75, 3.05) is 19.7 Å². The standard InChI is InChI=1S/C10H14ClNO3S2/c1-7-4-9(16-10(7)11)17(14,15)12-3-2-8(5-12)6-13/h4,8,13H,2-3,5-6H2,1H3. The minimum Gasteiger partial charge on any atom is -0.396 e. The van der Waals surface area contributed by atoms with Crippen LogP contribution < -0.4 is 0 Å². The first-order valence-electron chi connectivity index (χ1n) is 5.32. The van der Waals surface area contributed by atoms with Gasteiger partial charge in [-0.05, 0) is 30.9 Å². The molecule has 0 radical (unpaired) electrons. The van der Waals surface area contributed by atoms with Gasteiger partial charge in [0.1, 0.15) is 4.21 Å². The maximum Gasteiger partial charge on any atom is 0.252 e. The lowest BCUT2D eigenvalue weighted by atomic mass is 10.1. The molecule has 1 N–H and O–H groups in total. The molecule has 1 aromatic rings. The first-order valence-corrected chi connectivity index (χ1v) is 7.95. The fourth-order valence-corrected chi connectivity index (χ4v) is 5.24. The highest BCUT2D eigenvalue weighted by atomic mass is 35.5. The van der Waals surface area contributed by atoms with Gasteiger partial charge < -0.3 is 5.11 Å². The highest BCUT2D eigenvalue weighted by Crippen LogP contribution is 2.33. The topological polar surface area (TPSA) is 57.6 Å². The fraction of sp³-hybridized carbons (Fsp3) is 0.600. The SMILES string of the molecule is Cc1cc(S(=O)(=O)N2CCC(CO)C2)sc1Cl. The van der Waals surface area contributed by atoms with E-state index in [9.17, 15) is 8.42 Å². The van der Waals surface area contributed by atoms with Crippen molar-refractivity contribution in [3.8, 4) is 0 Å². The largest absolute Gasteiger partial charge is 0.396 e. The summed E-state index contributed by atoms with van der Waals surface area (Å²) in [5, 5.41) is 9.03. The van der Waals surface area contributed by atoms with E-state index in [1.165, 1.54) is 4.31 Å². The molecular weight excluding hydrogens is 282 g/mol. The summed E-state index contributed by atoms with van der Waals surface area (Å²) in [5.74, 6) is 0.0568. The Morgan fingerprint density at radius 3 is 2.82 bits per heavy atom. The highest BCUT2D eigenvalue weighted by molar-refractivity contribution is 7.91. The summed E-state index contributed by atoms with van der Waals surface area (Å²) < 4.78 is 26.7. The minimum atomic E-state index is -3.43. The molecule has 1 saturated heterocycles. The Hall–Kier alpha value is -0.140. The summed E-state index contributed by atoms with van der Waals surface area (Å²) in [6.07, 6.45) is 0.716. The van der Waals surface area contributed by atoms with Crippen LogP contribution >= 0.6 is 22.9 Å². The zero-order valence-corrected chi connectivity index (χ0v) is 11.8. The van der Waals surface area contributed by atoms with Crippen LogP contribution in [0.15, 0.2) is 10.3 Å². The van der Waals surface area contributed by atoms with E-state index >= 15 is 0 Å². The molecule has 1 aliphatic rings. The molecule has 1 unspecified atom stereocenters. The monoisotopic (exact) mass is 295 g/mol. The van der Waals surface area contributed by atoms with Gasteiger partial charge in [-0.3, -0.25) is 0 Å². The van der Waals surface area contributed by atoms with E-state index in [4.69, 9.17) is 16.7 Å². The van der Waals surface area contributed by atoms with E-state index < -0.39 is 10.0 Å². The molecule has 0 amide bonds. The number of sulfonamides is 1. The molecule has 4 nitrogen and oxygen atoms in total. The number of halogens is 1. The van der Waals surface area contributed by atoms with Crippen molar-refractivity contribution in [2.24, 2.45) is 5.92 Å². The smallest absolute Gasteiger partial charge is 0.252 e. The molecule has 0 bridgehead atoms. The molecular formula is C10H14ClNO3S2. The molecule has 1 atom stereocenters. The number of aliphatic hydroxyl groups is 1. The number of thiophene rings is 1. The van der Waals surface area contributed by atoms with Crippen LogP contribution in [-0.4, -0.2) is 37.5 Å². The van der Waals surface area contributed by atoms with Gasteiger partial charge in [-0.25, -0.2) is 8.42 Å². The zero-order valence-electron chi connectivity index (χ0n) is 9.39. The molecule has 96 valence electrons. The number of aryl methyl sites for hydroxylation is 1. The van der Waals surface area contributed by atoms with Gasteiger partial charge in [-0.1, -0.05) is 11.6 Å². The Labute approximate surface area is 110 Å². The predicted molar refractivity (Wildman–Crippen MR) is 68.0 cm³/mol. The lowest BCUT2D eigenvalue weighted by Crippen LogP contribution is -2.28. The molecule has 2 rings (SSSR count). The highest BCUT2D eigenvalue weighted by Gasteiger charge is 2.33. The Balaban J connectivity index is 2.25. The quantitative estimate of drug-likeness (QED) is 0.923. The molecule has 1 aliphatic heterocycles. The van der Waals surface area contributed by atoms with Crippen LogP contribution in [-0.2, 0) is 10.0 Å². The molecule has 17 heavy (non-hydrogen) atoms. The average molecular weight is 296 g/mol. The summed E-state index contributed by atoms with van der Waals surface area (Å²) in [5.41, 5.74) is 0.785. The third-order valence-electron chi connectivity index (χ3n) is 2.94. The van der Waals surface area contributed by atoms with Crippen LogP contribution in [0, 0.1) is 12.8 Å². The van der Waals surface area contributed by atoms with Gasteiger partial charge in [0.2, 0.25) is 0 Å². The molecule has 0 spiro atoms. The van der Waals surface area contributed by atoms with Gasteiger partial charge in [-0.15, -0.1) is 11.3 Å². The molecule has 0 saturated carbocycles.